The van der Waals surface area contributed by atoms with Gasteiger partial charge in [0.2, 0.25) is 3.79 Å². The van der Waals surface area contributed by atoms with E-state index < -0.39 is 9.96 Å². The number of benzene rings is 2. The second kappa shape index (κ2) is 7.92. The fourth-order valence-electron chi connectivity index (χ4n) is 1.95. The molecule has 23 heavy (non-hydrogen) atoms. The molecule has 2 aromatic carbocycles. The van der Waals surface area contributed by atoms with Crippen LogP contribution in [0.4, 0.5) is 5.69 Å². The van der Waals surface area contributed by atoms with E-state index in [2.05, 4.69) is 33.2 Å². The van der Waals surface area contributed by atoms with E-state index in [0.717, 1.165) is 14.8 Å². The number of alkyl halides is 3. The van der Waals surface area contributed by atoms with Crippen LogP contribution in [0.25, 0.3) is 0 Å². The largest absolute Gasteiger partial charge is 0.362 e. The van der Waals surface area contributed by atoms with E-state index in [-0.39, 0.29) is 5.91 Å². The van der Waals surface area contributed by atoms with Crippen molar-refractivity contribution < 1.29 is 4.79 Å². The molecule has 2 N–H and O–H groups in total. The quantitative estimate of drug-likeness (QED) is 0.359. The second-order valence-corrected chi connectivity index (χ2v) is 8.59. The number of nitrogens with one attached hydrogen (secondary N) is 2. The Morgan fingerprint density at radius 2 is 1.83 bits per heavy atom. The molecule has 0 heterocycles. The summed E-state index contributed by atoms with van der Waals surface area (Å²) in [5, 5.41) is 5.76. The third-order valence-electron chi connectivity index (χ3n) is 3.02. The number of hydrogen-bond acceptors (Lipinski definition) is 2. The minimum Gasteiger partial charge on any atom is -0.362 e. The van der Waals surface area contributed by atoms with Gasteiger partial charge in [0.15, 0.2) is 0 Å². The summed E-state index contributed by atoms with van der Waals surface area (Å²) in [6.07, 6.45) is -0.875. The van der Waals surface area contributed by atoms with Gasteiger partial charge in [0.05, 0.1) is 0 Å². The first-order valence-electron chi connectivity index (χ1n) is 6.72. The molecule has 2 rings (SSSR count). The highest BCUT2D eigenvalue weighted by molar-refractivity contribution is 14.1. The standard InChI is InChI=1S/C16H14Cl3IN2O/c1-10-4-2-7-13(8-10)21-15(16(17,18)19)22-14(23)11-5-3-6-12(20)9-11/h2-9,15,21H,1H3,(H,22,23)/t15-/m1/s1. The van der Waals surface area contributed by atoms with Crippen molar-refractivity contribution in [2.75, 3.05) is 5.32 Å². The molecule has 0 saturated carbocycles. The molecule has 3 nitrogen and oxygen atoms in total. The molecule has 7 heteroatoms. The van der Waals surface area contributed by atoms with Crippen LogP contribution in [0.15, 0.2) is 48.5 Å². The Balaban J connectivity index is 2.18. The van der Waals surface area contributed by atoms with E-state index in [4.69, 9.17) is 34.8 Å². The SMILES string of the molecule is Cc1cccc(N[C@H](NC(=O)c2cccc(I)c2)C(Cl)(Cl)Cl)c1. The predicted molar refractivity (Wildman–Crippen MR) is 106 cm³/mol. The molecule has 0 unspecified atom stereocenters. The van der Waals surface area contributed by atoms with Crippen LogP contribution in [-0.4, -0.2) is 15.9 Å². The number of carbonyl (C=O) groups is 1. The van der Waals surface area contributed by atoms with Gasteiger partial charge in [-0.2, -0.15) is 0 Å². The van der Waals surface area contributed by atoms with E-state index in [1.54, 1.807) is 18.2 Å². The number of anilines is 1. The highest BCUT2D eigenvalue weighted by atomic mass is 127. The van der Waals surface area contributed by atoms with Gasteiger partial charge in [-0.15, -0.1) is 0 Å². The third-order valence-corrected chi connectivity index (χ3v) is 4.34. The average Bonchev–Trinajstić information content (AvgIpc) is 2.45. The summed E-state index contributed by atoms with van der Waals surface area (Å²) in [5.41, 5.74) is 2.31. The molecule has 0 aliphatic heterocycles. The Hall–Kier alpha value is -0.690. The lowest BCUT2D eigenvalue weighted by Gasteiger charge is -2.27. The van der Waals surface area contributed by atoms with Crippen molar-refractivity contribution in [2.24, 2.45) is 0 Å². The van der Waals surface area contributed by atoms with E-state index in [1.807, 2.05) is 37.3 Å². The van der Waals surface area contributed by atoms with Gasteiger partial charge in [-0.3, -0.25) is 4.79 Å². The molecule has 0 aromatic heterocycles. The Bertz CT molecular complexity index is 704. The topological polar surface area (TPSA) is 41.1 Å². The molecule has 0 aliphatic carbocycles. The van der Waals surface area contributed by atoms with Crippen molar-refractivity contribution >= 4 is 69.0 Å². The predicted octanol–water partition coefficient (Wildman–Crippen LogP) is 5.14. The first-order valence-corrected chi connectivity index (χ1v) is 8.93. The maximum Gasteiger partial charge on any atom is 0.253 e. The maximum absolute atomic E-state index is 12.4. The van der Waals surface area contributed by atoms with Crippen LogP contribution in [0.5, 0.6) is 0 Å². The summed E-state index contributed by atoms with van der Waals surface area (Å²) < 4.78 is -0.756. The maximum atomic E-state index is 12.4. The molecule has 2 aromatic rings. The van der Waals surface area contributed by atoms with E-state index in [9.17, 15) is 4.79 Å². The minimum absolute atomic E-state index is 0.319. The summed E-state index contributed by atoms with van der Waals surface area (Å²) in [4.78, 5) is 12.4. The van der Waals surface area contributed by atoms with Crippen LogP contribution in [0.1, 0.15) is 15.9 Å². The zero-order chi connectivity index (χ0) is 17.0. The monoisotopic (exact) mass is 482 g/mol. The van der Waals surface area contributed by atoms with Gasteiger partial charge in [0.1, 0.15) is 6.17 Å². The van der Waals surface area contributed by atoms with Crippen molar-refractivity contribution in [3.05, 3.63) is 63.2 Å². The first kappa shape index (κ1) is 18.6. The third kappa shape index (κ3) is 5.71. The van der Waals surface area contributed by atoms with Crippen LogP contribution >= 0.6 is 57.4 Å². The lowest BCUT2D eigenvalue weighted by atomic mass is 10.2. The van der Waals surface area contributed by atoms with E-state index >= 15 is 0 Å². The van der Waals surface area contributed by atoms with Gasteiger partial charge in [0.25, 0.3) is 5.91 Å². The van der Waals surface area contributed by atoms with Crippen LogP contribution in [0.2, 0.25) is 0 Å². The molecule has 0 saturated heterocycles. The number of halogens is 4. The lowest BCUT2D eigenvalue weighted by molar-refractivity contribution is 0.0942. The summed E-state index contributed by atoms with van der Waals surface area (Å²) in [5.74, 6) is -0.319. The summed E-state index contributed by atoms with van der Waals surface area (Å²) >= 11 is 20.1. The van der Waals surface area contributed by atoms with Crippen LogP contribution in [0, 0.1) is 10.5 Å². The van der Waals surface area contributed by atoms with Gasteiger partial charge in [0, 0.05) is 14.8 Å². The normalized spacial score (nSPS) is 12.6. The molecule has 122 valence electrons. The van der Waals surface area contributed by atoms with Crippen molar-refractivity contribution in [1.82, 2.24) is 5.32 Å². The molecule has 0 bridgehead atoms. The van der Waals surface area contributed by atoms with Gasteiger partial charge in [-0.1, -0.05) is 53.0 Å². The summed E-state index contributed by atoms with van der Waals surface area (Å²) in [6.45, 7) is 1.96. The number of aryl methyl sites for hydroxylation is 1. The van der Waals surface area contributed by atoms with Crippen molar-refractivity contribution in [3.8, 4) is 0 Å². The molecular formula is C16H14Cl3IN2O. The molecular weight excluding hydrogens is 469 g/mol. The molecule has 1 atom stereocenters. The van der Waals surface area contributed by atoms with Crippen LogP contribution in [0.3, 0.4) is 0 Å². The number of amides is 1. The van der Waals surface area contributed by atoms with Gasteiger partial charge >= 0.3 is 0 Å². The van der Waals surface area contributed by atoms with Crippen molar-refractivity contribution in [1.29, 1.82) is 0 Å². The number of hydrogen-bond donors (Lipinski definition) is 2. The smallest absolute Gasteiger partial charge is 0.253 e. The zero-order valence-corrected chi connectivity index (χ0v) is 16.5. The summed E-state index contributed by atoms with van der Waals surface area (Å²) in [6, 6.07) is 14.8. The average molecular weight is 484 g/mol. The molecule has 0 spiro atoms. The van der Waals surface area contributed by atoms with Crippen LogP contribution in [-0.2, 0) is 0 Å². The Morgan fingerprint density at radius 3 is 2.43 bits per heavy atom. The Kier molecular flexibility index (Phi) is 6.42. The van der Waals surface area contributed by atoms with Gasteiger partial charge in [-0.25, -0.2) is 0 Å². The van der Waals surface area contributed by atoms with Gasteiger partial charge < -0.3 is 10.6 Å². The van der Waals surface area contributed by atoms with E-state index in [0.29, 0.717) is 5.56 Å². The minimum atomic E-state index is -1.71. The lowest BCUT2D eigenvalue weighted by Crippen LogP contribution is -2.49. The fourth-order valence-corrected chi connectivity index (χ4v) is 2.82. The van der Waals surface area contributed by atoms with Crippen molar-refractivity contribution in [3.63, 3.8) is 0 Å². The Morgan fingerprint density at radius 1 is 1.13 bits per heavy atom. The van der Waals surface area contributed by atoms with Gasteiger partial charge in [-0.05, 0) is 65.4 Å². The highest BCUT2D eigenvalue weighted by Gasteiger charge is 2.34. The highest BCUT2D eigenvalue weighted by Crippen LogP contribution is 2.31. The molecule has 0 aliphatic rings. The second-order valence-electron chi connectivity index (χ2n) is 4.97. The number of rotatable bonds is 4. The Labute approximate surface area is 163 Å². The van der Waals surface area contributed by atoms with Crippen LogP contribution < -0.4 is 10.6 Å². The summed E-state index contributed by atoms with van der Waals surface area (Å²) in [7, 11) is 0. The van der Waals surface area contributed by atoms with Crippen molar-refractivity contribution in [2.45, 2.75) is 16.9 Å². The fraction of sp³-hybridized carbons (Fsp3) is 0.188. The number of carbonyl (C=O) groups excluding carboxylic acids is 1. The molecule has 0 fully saturated rings. The molecule has 0 radical (unpaired) electrons. The zero-order valence-electron chi connectivity index (χ0n) is 12.1. The molecule has 1 amide bonds. The van der Waals surface area contributed by atoms with E-state index in [1.165, 1.54) is 0 Å². The first-order chi connectivity index (χ1) is 10.8.